The third-order valence-corrected chi connectivity index (χ3v) is 7.62. The molecule has 0 bridgehead atoms. The second-order valence-corrected chi connectivity index (χ2v) is 10.5. The lowest BCUT2D eigenvalue weighted by Gasteiger charge is -2.25. The van der Waals surface area contributed by atoms with E-state index in [0.29, 0.717) is 56.0 Å². The largest absolute Gasteiger partial charge is 0.434 e. The van der Waals surface area contributed by atoms with E-state index in [1.54, 1.807) is 17.0 Å². The Morgan fingerprint density at radius 2 is 1.89 bits per heavy atom. The lowest BCUT2D eigenvalue weighted by Crippen LogP contribution is -2.51. The zero-order valence-corrected chi connectivity index (χ0v) is 22.1. The Kier molecular flexibility index (Phi) is 10.3. The molecule has 0 unspecified atom stereocenters. The van der Waals surface area contributed by atoms with Crippen molar-refractivity contribution in [2.24, 2.45) is 17.4 Å². The Hall–Kier alpha value is -2.82. The van der Waals surface area contributed by atoms with Gasteiger partial charge in [0.15, 0.2) is 5.58 Å². The van der Waals surface area contributed by atoms with Gasteiger partial charge in [-0.15, -0.1) is 0 Å². The van der Waals surface area contributed by atoms with Gasteiger partial charge in [0, 0.05) is 32.5 Å². The number of carbonyl (C=O) groups excluding carboxylic acids is 3. The summed E-state index contributed by atoms with van der Waals surface area (Å²) in [5, 5.41) is 2.90. The number of unbranched alkanes of at least 4 members (excludes halogenated alkanes) is 1. The van der Waals surface area contributed by atoms with Crippen LogP contribution in [0.5, 0.6) is 0 Å². The standard InChI is InChI=1S/C28H41N5O5/c29-14-7-6-11-22(26(35)28-32-21-10-4-5-12-24(21)38-28)31-27(36)23-16-20(17-33(23)25(34)13-15-30)37-18-19-8-2-1-3-9-19/h4-5,10,12,19-20,22-23H,1-3,6-9,11,13-18,29-30H2,(H,31,36)/t20-,22+,23+/m1/s1. The molecular weight excluding hydrogens is 486 g/mol. The van der Waals surface area contributed by atoms with E-state index in [2.05, 4.69) is 10.3 Å². The first-order valence-electron chi connectivity index (χ1n) is 14.0. The van der Waals surface area contributed by atoms with E-state index >= 15 is 0 Å². The van der Waals surface area contributed by atoms with E-state index in [-0.39, 0.29) is 36.8 Å². The lowest BCUT2D eigenvalue weighted by molar-refractivity contribution is -0.138. The highest BCUT2D eigenvalue weighted by molar-refractivity contribution is 6.01. The van der Waals surface area contributed by atoms with E-state index in [1.807, 2.05) is 12.1 Å². The molecular formula is C28H41N5O5. The fourth-order valence-electron chi connectivity index (χ4n) is 5.49. The number of fused-ring (bicyclic) bond motifs is 1. The first kappa shape index (κ1) is 28.2. The molecule has 5 N–H and O–H groups in total. The topological polar surface area (TPSA) is 154 Å². The van der Waals surface area contributed by atoms with Crippen molar-refractivity contribution in [3.05, 3.63) is 30.2 Å². The van der Waals surface area contributed by atoms with Gasteiger partial charge in [-0.25, -0.2) is 4.98 Å². The molecule has 1 saturated heterocycles. The van der Waals surface area contributed by atoms with Crippen LogP contribution in [0.15, 0.2) is 28.7 Å². The Balaban J connectivity index is 1.45. The van der Waals surface area contributed by atoms with Gasteiger partial charge in [-0.05, 0) is 56.7 Å². The molecule has 2 amide bonds. The van der Waals surface area contributed by atoms with Crippen LogP contribution in [0.2, 0.25) is 0 Å². The van der Waals surface area contributed by atoms with Crippen molar-refractivity contribution < 1.29 is 23.5 Å². The number of amides is 2. The zero-order chi connectivity index (χ0) is 26.9. The molecule has 1 aliphatic carbocycles. The first-order valence-corrected chi connectivity index (χ1v) is 14.0. The highest BCUT2D eigenvalue weighted by Crippen LogP contribution is 2.27. The molecule has 0 spiro atoms. The van der Waals surface area contributed by atoms with Crippen molar-refractivity contribution in [2.45, 2.75) is 82.4 Å². The minimum absolute atomic E-state index is 0.0413. The normalized spacial score (nSPS) is 21.1. The Morgan fingerprint density at radius 3 is 2.63 bits per heavy atom. The van der Waals surface area contributed by atoms with Gasteiger partial charge in [-0.1, -0.05) is 31.4 Å². The van der Waals surface area contributed by atoms with Gasteiger partial charge in [-0.2, -0.15) is 0 Å². The zero-order valence-electron chi connectivity index (χ0n) is 22.1. The molecule has 10 nitrogen and oxygen atoms in total. The first-order chi connectivity index (χ1) is 18.5. The van der Waals surface area contributed by atoms with Crippen molar-refractivity contribution >= 4 is 28.7 Å². The molecule has 1 saturated carbocycles. The van der Waals surface area contributed by atoms with Crippen LogP contribution in [0, 0.1) is 5.92 Å². The summed E-state index contributed by atoms with van der Waals surface area (Å²) in [6, 6.07) is 5.58. The third kappa shape index (κ3) is 7.18. The fraction of sp³-hybridized carbons (Fsp3) is 0.643. The van der Waals surface area contributed by atoms with Crippen molar-refractivity contribution in [3.63, 3.8) is 0 Å². The molecule has 3 atom stereocenters. The molecule has 2 fully saturated rings. The van der Waals surface area contributed by atoms with E-state index in [9.17, 15) is 14.4 Å². The third-order valence-electron chi connectivity index (χ3n) is 7.62. The minimum atomic E-state index is -0.837. The summed E-state index contributed by atoms with van der Waals surface area (Å²) in [6.45, 7) is 1.69. The maximum absolute atomic E-state index is 13.5. The number of para-hydroxylation sites is 2. The Labute approximate surface area is 223 Å². The number of likely N-dealkylation sites (tertiary alicyclic amines) is 1. The predicted octanol–water partition coefficient (Wildman–Crippen LogP) is 2.54. The van der Waals surface area contributed by atoms with Gasteiger partial charge in [-0.3, -0.25) is 14.4 Å². The second-order valence-electron chi connectivity index (χ2n) is 10.5. The van der Waals surface area contributed by atoms with E-state index < -0.39 is 17.9 Å². The van der Waals surface area contributed by atoms with E-state index in [1.165, 1.54) is 19.3 Å². The maximum atomic E-state index is 13.5. The molecule has 0 radical (unpaired) electrons. The number of oxazole rings is 1. The van der Waals surface area contributed by atoms with Gasteiger partial charge in [0.25, 0.3) is 5.89 Å². The Morgan fingerprint density at radius 1 is 1.11 bits per heavy atom. The number of nitrogens with two attached hydrogens (primary N) is 2. The van der Waals surface area contributed by atoms with Gasteiger partial charge in [0.2, 0.25) is 17.6 Å². The number of rotatable bonds is 13. The Bertz CT molecular complexity index is 1050. The molecule has 1 aliphatic heterocycles. The number of hydrogen-bond donors (Lipinski definition) is 3. The van der Waals surface area contributed by atoms with Crippen LogP contribution in [-0.2, 0) is 14.3 Å². The highest BCUT2D eigenvalue weighted by Gasteiger charge is 2.41. The fourth-order valence-corrected chi connectivity index (χ4v) is 5.49. The van der Waals surface area contributed by atoms with Crippen molar-refractivity contribution in [2.75, 3.05) is 26.2 Å². The molecule has 38 heavy (non-hydrogen) atoms. The van der Waals surface area contributed by atoms with Crippen LogP contribution in [0.25, 0.3) is 11.1 Å². The number of ketones is 1. The van der Waals surface area contributed by atoms with Crippen molar-refractivity contribution in [3.8, 4) is 0 Å². The maximum Gasteiger partial charge on any atom is 0.266 e. The molecule has 2 aliphatic rings. The number of aromatic nitrogens is 1. The predicted molar refractivity (Wildman–Crippen MR) is 143 cm³/mol. The monoisotopic (exact) mass is 527 g/mol. The second kappa shape index (κ2) is 13.8. The van der Waals surface area contributed by atoms with Crippen molar-refractivity contribution in [1.82, 2.24) is 15.2 Å². The molecule has 1 aromatic heterocycles. The van der Waals surface area contributed by atoms with E-state index in [4.69, 9.17) is 20.6 Å². The summed E-state index contributed by atoms with van der Waals surface area (Å²) in [5.74, 6) is -0.455. The molecule has 2 heterocycles. The number of Topliss-reactive ketones (excluding diaryl/α,β-unsaturated/α-hetero) is 1. The van der Waals surface area contributed by atoms with Crippen LogP contribution in [0.4, 0.5) is 0 Å². The molecule has 2 aromatic rings. The summed E-state index contributed by atoms with van der Waals surface area (Å²) in [4.78, 5) is 45.7. The summed E-state index contributed by atoms with van der Waals surface area (Å²) in [6.07, 6.45) is 8.14. The number of ether oxygens (including phenoxy) is 1. The van der Waals surface area contributed by atoms with E-state index in [0.717, 1.165) is 19.3 Å². The van der Waals surface area contributed by atoms with Crippen LogP contribution >= 0.6 is 0 Å². The SMILES string of the molecule is NCCCC[C@H](NC(=O)[C@@H]1C[C@@H](OCC2CCCCC2)CN1C(=O)CCN)C(=O)c1nc2ccccc2o1. The quantitative estimate of drug-likeness (QED) is 0.265. The molecule has 4 rings (SSSR count). The average Bonchev–Trinajstić information content (AvgIpc) is 3.57. The van der Waals surface area contributed by atoms with Gasteiger partial charge in [0.05, 0.1) is 12.1 Å². The highest BCUT2D eigenvalue weighted by atomic mass is 16.5. The van der Waals surface area contributed by atoms with Gasteiger partial charge < -0.3 is 30.8 Å². The van der Waals surface area contributed by atoms with Crippen LogP contribution < -0.4 is 16.8 Å². The van der Waals surface area contributed by atoms with Gasteiger partial charge >= 0.3 is 0 Å². The summed E-state index contributed by atoms with van der Waals surface area (Å²) in [7, 11) is 0. The molecule has 10 heteroatoms. The molecule has 1 aromatic carbocycles. The van der Waals surface area contributed by atoms with Gasteiger partial charge in [0.1, 0.15) is 11.6 Å². The summed E-state index contributed by atoms with van der Waals surface area (Å²) >= 11 is 0. The molecule has 208 valence electrons. The number of hydrogen-bond acceptors (Lipinski definition) is 8. The number of nitrogens with one attached hydrogen (secondary N) is 1. The van der Waals surface area contributed by atoms with Crippen LogP contribution in [0.3, 0.4) is 0 Å². The van der Waals surface area contributed by atoms with Crippen LogP contribution in [0.1, 0.15) is 74.9 Å². The minimum Gasteiger partial charge on any atom is -0.434 e. The smallest absolute Gasteiger partial charge is 0.266 e. The average molecular weight is 528 g/mol. The summed E-state index contributed by atoms with van der Waals surface area (Å²) in [5.41, 5.74) is 12.4. The van der Waals surface area contributed by atoms with Crippen molar-refractivity contribution in [1.29, 1.82) is 0 Å². The number of benzene rings is 1. The number of carbonyl (C=O) groups is 3. The lowest BCUT2D eigenvalue weighted by atomic mass is 9.90. The van der Waals surface area contributed by atoms with Crippen LogP contribution in [-0.4, -0.2) is 71.9 Å². The summed E-state index contributed by atoms with van der Waals surface area (Å²) < 4.78 is 11.9. The number of nitrogens with zero attached hydrogens (tertiary/aromatic N) is 2.